The summed E-state index contributed by atoms with van der Waals surface area (Å²) in [4.78, 5) is 12.0. The van der Waals surface area contributed by atoms with Crippen molar-refractivity contribution in [2.75, 3.05) is 11.6 Å². The predicted octanol–water partition coefficient (Wildman–Crippen LogP) is 1.35. The van der Waals surface area contributed by atoms with Gasteiger partial charge in [-0.05, 0) is 12.1 Å². The van der Waals surface area contributed by atoms with Crippen molar-refractivity contribution in [1.29, 1.82) is 10.5 Å². The smallest absolute Gasteiger partial charge is 0.289 e. The van der Waals surface area contributed by atoms with Crippen LogP contribution < -0.4 is 17.1 Å². The molecule has 0 amide bonds. The number of nitrogen functional groups attached to an aromatic ring is 2. The largest absolute Gasteiger partial charge is 0.382 e. The number of rotatable bonds is 1. The van der Waals surface area contributed by atoms with Gasteiger partial charge in [-0.1, -0.05) is 17.7 Å². The molecule has 0 atom stereocenters. The second kappa shape index (κ2) is 5.16. The lowest BCUT2D eigenvalue weighted by molar-refractivity contribution is 0.631. The number of hydrogen-bond donors (Lipinski definition) is 2. The maximum Gasteiger partial charge on any atom is 0.289 e. The predicted molar refractivity (Wildman–Crippen MR) is 75.1 cm³/mol. The van der Waals surface area contributed by atoms with Gasteiger partial charge >= 0.3 is 0 Å². The zero-order valence-electron chi connectivity index (χ0n) is 10.4. The van der Waals surface area contributed by atoms with E-state index in [-0.39, 0.29) is 27.5 Å². The van der Waals surface area contributed by atoms with E-state index >= 15 is 0 Å². The third-order valence-electron chi connectivity index (χ3n) is 2.88. The molecule has 0 saturated heterocycles. The number of benzene rings is 1. The van der Waals surface area contributed by atoms with Gasteiger partial charge in [-0.15, -0.1) is 0 Å². The highest BCUT2D eigenvalue weighted by Gasteiger charge is 2.24. The molecule has 0 saturated carbocycles. The van der Waals surface area contributed by atoms with Gasteiger partial charge in [0.25, 0.3) is 5.56 Å². The molecule has 0 radical (unpaired) electrons. The van der Waals surface area contributed by atoms with E-state index in [2.05, 4.69) is 0 Å². The Labute approximate surface area is 123 Å². The number of nitrogens with zero attached hydrogens (tertiary/aromatic N) is 3. The number of nitrogens with two attached hydrogens (primary N) is 2. The standard InChI is InChI=1S/C13H7ClFN5O/c14-8-2-1-3-9(15)11(8)10-6(4-16)12(18)20(19)13(21)7(10)5-17/h1-3H,18-19H2. The molecule has 1 aromatic heterocycles. The Morgan fingerprint density at radius 1 is 1.19 bits per heavy atom. The second-order valence-corrected chi connectivity index (χ2v) is 4.41. The van der Waals surface area contributed by atoms with Gasteiger partial charge in [-0.25, -0.2) is 9.07 Å². The highest BCUT2D eigenvalue weighted by atomic mass is 35.5. The first-order valence-corrected chi connectivity index (χ1v) is 5.90. The Morgan fingerprint density at radius 3 is 2.33 bits per heavy atom. The average molecular weight is 304 g/mol. The van der Waals surface area contributed by atoms with Crippen LogP contribution in [-0.4, -0.2) is 4.68 Å². The second-order valence-electron chi connectivity index (χ2n) is 4.01. The van der Waals surface area contributed by atoms with Crippen LogP contribution in [0.3, 0.4) is 0 Å². The number of aromatic nitrogens is 1. The maximum absolute atomic E-state index is 14.0. The third-order valence-corrected chi connectivity index (χ3v) is 3.20. The van der Waals surface area contributed by atoms with Crippen LogP contribution in [0.25, 0.3) is 11.1 Å². The number of pyridine rings is 1. The van der Waals surface area contributed by atoms with Crippen molar-refractivity contribution in [3.63, 3.8) is 0 Å². The average Bonchev–Trinajstić information content (AvgIpc) is 2.45. The normalized spacial score (nSPS) is 9.90. The molecule has 0 bridgehead atoms. The van der Waals surface area contributed by atoms with Crippen molar-refractivity contribution in [2.45, 2.75) is 0 Å². The highest BCUT2D eigenvalue weighted by Crippen LogP contribution is 2.35. The van der Waals surface area contributed by atoms with Gasteiger partial charge in [-0.2, -0.15) is 10.5 Å². The van der Waals surface area contributed by atoms with Gasteiger partial charge in [0.15, 0.2) is 0 Å². The van der Waals surface area contributed by atoms with E-state index in [9.17, 15) is 14.4 Å². The first-order valence-electron chi connectivity index (χ1n) is 5.52. The number of nitriles is 2. The fourth-order valence-electron chi connectivity index (χ4n) is 1.91. The summed E-state index contributed by atoms with van der Waals surface area (Å²) in [5.41, 5.74) is 3.36. The Bertz CT molecular complexity index is 871. The fraction of sp³-hybridized carbons (Fsp3) is 0. The Hall–Kier alpha value is -3.03. The molecule has 0 aliphatic carbocycles. The maximum atomic E-state index is 14.0. The molecule has 0 fully saturated rings. The first kappa shape index (κ1) is 14.4. The van der Waals surface area contributed by atoms with Crippen molar-refractivity contribution in [2.24, 2.45) is 0 Å². The summed E-state index contributed by atoms with van der Waals surface area (Å²) in [5, 5.41) is 18.3. The van der Waals surface area contributed by atoms with E-state index in [0.29, 0.717) is 4.68 Å². The van der Waals surface area contributed by atoms with Crippen molar-refractivity contribution >= 4 is 17.4 Å². The van der Waals surface area contributed by atoms with Gasteiger partial charge < -0.3 is 11.6 Å². The summed E-state index contributed by atoms with van der Waals surface area (Å²) < 4.78 is 14.5. The molecule has 104 valence electrons. The fourth-order valence-corrected chi connectivity index (χ4v) is 2.17. The van der Waals surface area contributed by atoms with Gasteiger partial charge in [0, 0.05) is 11.1 Å². The molecular formula is C13H7ClFN5O. The molecule has 1 aromatic carbocycles. The van der Waals surface area contributed by atoms with Crippen LogP contribution in [0.2, 0.25) is 5.02 Å². The lowest BCUT2D eigenvalue weighted by Crippen LogP contribution is -2.33. The van der Waals surface area contributed by atoms with E-state index in [1.807, 2.05) is 0 Å². The van der Waals surface area contributed by atoms with E-state index in [4.69, 9.17) is 28.4 Å². The lowest BCUT2D eigenvalue weighted by atomic mass is 9.96. The van der Waals surface area contributed by atoms with Crippen molar-refractivity contribution in [3.05, 3.63) is 50.5 Å². The molecule has 4 N–H and O–H groups in total. The molecular weight excluding hydrogens is 297 g/mol. The summed E-state index contributed by atoms with van der Waals surface area (Å²) >= 11 is 5.93. The van der Waals surface area contributed by atoms with Gasteiger partial charge in [0.2, 0.25) is 0 Å². The van der Waals surface area contributed by atoms with Crippen LogP contribution in [-0.2, 0) is 0 Å². The van der Waals surface area contributed by atoms with Gasteiger partial charge in [0.05, 0.1) is 5.02 Å². The van der Waals surface area contributed by atoms with E-state index in [1.54, 1.807) is 12.1 Å². The summed E-state index contributed by atoms with van der Waals surface area (Å²) in [5.74, 6) is 4.24. The quantitative estimate of drug-likeness (QED) is 0.770. The molecule has 8 heteroatoms. The van der Waals surface area contributed by atoms with Gasteiger partial charge in [0.1, 0.15) is 34.9 Å². The minimum Gasteiger partial charge on any atom is -0.382 e. The monoisotopic (exact) mass is 303 g/mol. The molecule has 21 heavy (non-hydrogen) atoms. The van der Waals surface area contributed by atoms with Crippen molar-refractivity contribution in [1.82, 2.24) is 4.68 Å². The first-order chi connectivity index (χ1) is 9.93. The summed E-state index contributed by atoms with van der Waals surface area (Å²) in [6.07, 6.45) is 0. The SMILES string of the molecule is N#Cc1c(-c2c(F)cccc2Cl)c(C#N)c(=O)n(N)c1N. The summed E-state index contributed by atoms with van der Waals surface area (Å²) in [6.45, 7) is 0. The molecule has 2 aromatic rings. The van der Waals surface area contributed by atoms with Crippen LogP contribution in [0.4, 0.5) is 10.2 Å². The van der Waals surface area contributed by atoms with E-state index in [1.165, 1.54) is 12.1 Å². The minimum atomic E-state index is -0.941. The summed E-state index contributed by atoms with van der Waals surface area (Å²) in [7, 11) is 0. The van der Waals surface area contributed by atoms with Crippen molar-refractivity contribution < 1.29 is 4.39 Å². The molecule has 0 aliphatic heterocycles. The van der Waals surface area contributed by atoms with Crippen LogP contribution in [0, 0.1) is 28.5 Å². The van der Waals surface area contributed by atoms with Crippen molar-refractivity contribution in [3.8, 4) is 23.3 Å². The summed E-state index contributed by atoms with van der Waals surface area (Å²) in [6, 6.07) is 7.15. The van der Waals surface area contributed by atoms with Crippen LogP contribution in [0.5, 0.6) is 0 Å². The lowest BCUT2D eigenvalue weighted by Gasteiger charge is -2.13. The molecule has 1 heterocycles. The highest BCUT2D eigenvalue weighted by molar-refractivity contribution is 6.33. The number of anilines is 1. The Kier molecular flexibility index (Phi) is 3.53. The van der Waals surface area contributed by atoms with Crippen LogP contribution in [0.15, 0.2) is 23.0 Å². The minimum absolute atomic E-state index is 0.0587. The third kappa shape index (κ3) is 2.06. The van der Waals surface area contributed by atoms with E-state index in [0.717, 1.165) is 6.07 Å². The number of hydrogen-bond acceptors (Lipinski definition) is 5. The number of halogens is 2. The molecule has 0 unspecified atom stereocenters. The van der Waals surface area contributed by atoms with E-state index < -0.39 is 16.9 Å². The van der Waals surface area contributed by atoms with Crippen LogP contribution >= 0.6 is 11.6 Å². The molecule has 2 rings (SSSR count). The molecule has 6 nitrogen and oxygen atoms in total. The topological polar surface area (TPSA) is 122 Å². The zero-order chi connectivity index (χ0) is 15.7. The molecule has 0 aliphatic rings. The zero-order valence-corrected chi connectivity index (χ0v) is 11.1. The Morgan fingerprint density at radius 2 is 1.81 bits per heavy atom. The van der Waals surface area contributed by atoms with Gasteiger partial charge in [-0.3, -0.25) is 4.79 Å². The Balaban J connectivity index is 3.11. The molecule has 0 spiro atoms. The van der Waals surface area contributed by atoms with Crippen LogP contribution in [0.1, 0.15) is 11.1 Å².